The largest absolute Gasteiger partial charge is 0.321 e. The van der Waals surface area contributed by atoms with Crippen LogP contribution in [0.15, 0.2) is 41.3 Å². The third-order valence-electron chi connectivity index (χ3n) is 2.85. The molecule has 0 heterocycles. The molecule has 1 amide bonds. The molecule has 2 aromatic rings. The fourth-order valence-corrected chi connectivity index (χ4v) is 3.31. The number of carbonyl (C=O) groups is 1. The number of halogens is 3. The summed E-state index contributed by atoms with van der Waals surface area (Å²) in [5.41, 5.74) is 1.06. The summed E-state index contributed by atoms with van der Waals surface area (Å²) in [5, 5.41) is 3.83. The molecule has 0 fully saturated rings. The Morgan fingerprint density at radius 2 is 1.77 bits per heavy atom. The van der Waals surface area contributed by atoms with Crippen molar-refractivity contribution in [1.29, 1.82) is 0 Å². The summed E-state index contributed by atoms with van der Waals surface area (Å²) in [6.45, 7) is 2.10. The van der Waals surface area contributed by atoms with E-state index in [4.69, 9.17) is 34.8 Å². The van der Waals surface area contributed by atoms with Crippen molar-refractivity contribution < 1.29 is 4.79 Å². The average Bonchev–Trinajstić information content (AvgIpc) is 2.50. The predicted molar refractivity (Wildman–Crippen MR) is 96.9 cm³/mol. The van der Waals surface area contributed by atoms with Crippen LogP contribution < -0.4 is 5.32 Å². The highest BCUT2D eigenvalue weighted by atomic mass is 35.5. The Labute approximate surface area is 149 Å². The molecule has 0 unspecified atom stereocenters. The monoisotopic (exact) mass is 373 g/mol. The maximum Gasteiger partial charge on any atom is 0.256 e. The van der Waals surface area contributed by atoms with Gasteiger partial charge in [0.1, 0.15) is 0 Å². The zero-order valence-electron chi connectivity index (χ0n) is 11.8. The highest BCUT2D eigenvalue weighted by Gasteiger charge is 2.14. The summed E-state index contributed by atoms with van der Waals surface area (Å²) in [5.74, 6) is 0.733. The first kappa shape index (κ1) is 17.5. The number of carbonyl (C=O) groups excluding carboxylic acids is 1. The molecular formula is C16H14Cl3NOS. The molecule has 1 N–H and O–H groups in total. The predicted octanol–water partition coefficient (Wildman–Crippen LogP) is 6.40. The number of anilines is 1. The van der Waals surface area contributed by atoms with E-state index in [0.717, 1.165) is 17.1 Å². The quantitative estimate of drug-likeness (QED) is 0.484. The van der Waals surface area contributed by atoms with Crippen LogP contribution in [0.2, 0.25) is 15.1 Å². The van der Waals surface area contributed by atoms with Gasteiger partial charge in [0.25, 0.3) is 5.91 Å². The van der Waals surface area contributed by atoms with Crippen LogP contribution in [0, 0.1) is 0 Å². The van der Waals surface area contributed by atoms with Crippen molar-refractivity contribution in [3.8, 4) is 0 Å². The number of rotatable bonds is 5. The minimum absolute atomic E-state index is 0.223. The molecule has 116 valence electrons. The molecule has 0 aliphatic heterocycles. The van der Waals surface area contributed by atoms with Crippen molar-refractivity contribution >= 4 is 58.2 Å². The number of hydrogen-bond acceptors (Lipinski definition) is 2. The van der Waals surface area contributed by atoms with Gasteiger partial charge >= 0.3 is 0 Å². The Morgan fingerprint density at radius 1 is 1.09 bits per heavy atom. The van der Waals surface area contributed by atoms with Crippen LogP contribution in [0.5, 0.6) is 0 Å². The van der Waals surface area contributed by atoms with Gasteiger partial charge in [-0.2, -0.15) is 0 Å². The Morgan fingerprint density at radius 3 is 2.50 bits per heavy atom. The fraction of sp³-hybridized carbons (Fsp3) is 0.188. The Hall–Kier alpha value is -0.870. The van der Waals surface area contributed by atoms with Gasteiger partial charge < -0.3 is 5.32 Å². The van der Waals surface area contributed by atoms with Crippen LogP contribution in [0.4, 0.5) is 5.69 Å². The zero-order chi connectivity index (χ0) is 16.1. The zero-order valence-corrected chi connectivity index (χ0v) is 14.9. The first-order chi connectivity index (χ1) is 10.5. The molecule has 0 bridgehead atoms. The highest BCUT2D eigenvalue weighted by molar-refractivity contribution is 7.99. The fourth-order valence-electron chi connectivity index (χ4n) is 1.80. The van der Waals surface area contributed by atoms with E-state index in [1.54, 1.807) is 23.9 Å². The molecule has 0 aliphatic rings. The highest BCUT2D eigenvalue weighted by Crippen LogP contribution is 2.33. The van der Waals surface area contributed by atoms with Crippen molar-refractivity contribution in [1.82, 2.24) is 0 Å². The smallest absolute Gasteiger partial charge is 0.256 e. The molecule has 2 nitrogen and oxygen atoms in total. The third kappa shape index (κ3) is 4.32. The second kappa shape index (κ2) is 8.11. The van der Waals surface area contributed by atoms with Crippen molar-refractivity contribution in [2.75, 3.05) is 11.1 Å². The Balaban J connectivity index is 2.24. The minimum Gasteiger partial charge on any atom is -0.321 e. The van der Waals surface area contributed by atoms with E-state index in [0.29, 0.717) is 26.3 Å². The van der Waals surface area contributed by atoms with Gasteiger partial charge in [0.2, 0.25) is 0 Å². The summed E-state index contributed by atoms with van der Waals surface area (Å²) < 4.78 is 0. The van der Waals surface area contributed by atoms with Gasteiger partial charge in [-0.05, 0) is 36.4 Å². The number of amides is 1. The number of nitrogens with one attached hydrogen (secondary N) is 1. The molecule has 0 aliphatic carbocycles. The summed E-state index contributed by atoms with van der Waals surface area (Å²) >= 11 is 19.6. The molecule has 2 rings (SSSR count). The normalized spacial score (nSPS) is 10.5. The van der Waals surface area contributed by atoms with E-state index in [2.05, 4.69) is 12.2 Å². The molecule has 0 atom stereocenters. The van der Waals surface area contributed by atoms with E-state index in [1.807, 2.05) is 18.2 Å². The molecule has 0 aromatic heterocycles. The summed E-state index contributed by atoms with van der Waals surface area (Å²) in [4.78, 5) is 13.4. The second-order valence-corrected chi connectivity index (χ2v) is 6.90. The van der Waals surface area contributed by atoms with Gasteiger partial charge in [0.05, 0.1) is 26.3 Å². The lowest BCUT2D eigenvalue weighted by Gasteiger charge is -2.11. The molecule has 0 radical (unpaired) electrons. The topological polar surface area (TPSA) is 29.1 Å². The van der Waals surface area contributed by atoms with Crippen LogP contribution in [0.3, 0.4) is 0 Å². The van der Waals surface area contributed by atoms with Crippen LogP contribution in [-0.2, 0) is 0 Å². The van der Waals surface area contributed by atoms with Gasteiger partial charge in [-0.3, -0.25) is 4.79 Å². The van der Waals surface area contributed by atoms with Crippen LogP contribution in [-0.4, -0.2) is 11.7 Å². The lowest BCUT2D eigenvalue weighted by Crippen LogP contribution is -2.13. The van der Waals surface area contributed by atoms with Crippen molar-refractivity contribution in [2.24, 2.45) is 0 Å². The van der Waals surface area contributed by atoms with E-state index >= 15 is 0 Å². The molecule has 0 saturated heterocycles. The SMILES string of the molecule is CCCSc1ccccc1C(=O)Nc1cc(Cl)c(Cl)cc1Cl. The lowest BCUT2D eigenvalue weighted by atomic mass is 10.2. The van der Waals surface area contributed by atoms with Crippen LogP contribution >= 0.6 is 46.6 Å². The number of hydrogen-bond donors (Lipinski definition) is 1. The molecule has 6 heteroatoms. The van der Waals surface area contributed by atoms with Crippen molar-refractivity contribution in [3.05, 3.63) is 57.0 Å². The maximum atomic E-state index is 12.5. The number of thioether (sulfide) groups is 1. The van der Waals surface area contributed by atoms with E-state index in [1.165, 1.54) is 6.07 Å². The van der Waals surface area contributed by atoms with Crippen molar-refractivity contribution in [2.45, 2.75) is 18.2 Å². The van der Waals surface area contributed by atoms with Gasteiger partial charge in [0.15, 0.2) is 0 Å². The van der Waals surface area contributed by atoms with Gasteiger partial charge in [-0.15, -0.1) is 11.8 Å². The van der Waals surface area contributed by atoms with E-state index in [-0.39, 0.29) is 5.91 Å². The molecule has 22 heavy (non-hydrogen) atoms. The van der Waals surface area contributed by atoms with Crippen molar-refractivity contribution in [3.63, 3.8) is 0 Å². The van der Waals surface area contributed by atoms with Gasteiger partial charge in [-0.25, -0.2) is 0 Å². The van der Waals surface area contributed by atoms with Gasteiger partial charge in [0, 0.05) is 4.90 Å². The average molecular weight is 375 g/mol. The summed E-state index contributed by atoms with van der Waals surface area (Å²) in [6.07, 6.45) is 1.04. The molecular weight excluding hydrogens is 361 g/mol. The van der Waals surface area contributed by atoms with E-state index < -0.39 is 0 Å². The lowest BCUT2D eigenvalue weighted by molar-refractivity contribution is 0.102. The molecule has 0 saturated carbocycles. The maximum absolute atomic E-state index is 12.5. The van der Waals surface area contributed by atoms with Gasteiger partial charge in [-0.1, -0.05) is 53.9 Å². The standard InChI is InChI=1S/C16H14Cl3NOS/c1-2-7-22-15-6-4-3-5-10(15)16(21)20-14-9-12(18)11(17)8-13(14)19/h3-6,8-9H,2,7H2,1H3,(H,20,21). The van der Waals surface area contributed by atoms with Crippen LogP contribution in [0.1, 0.15) is 23.7 Å². The minimum atomic E-state index is -0.223. The Bertz CT molecular complexity index is 691. The first-order valence-corrected chi connectivity index (χ1v) is 8.82. The summed E-state index contributed by atoms with van der Waals surface area (Å²) in [6, 6.07) is 10.5. The molecule has 0 spiro atoms. The second-order valence-electron chi connectivity index (χ2n) is 4.54. The molecule has 2 aromatic carbocycles. The Kier molecular flexibility index (Phi) is 6.45. The first-order valence-electron chi connectivity index (χ1n) is 6.70. The third-order valence-corrected chi connectivity index (χ3v) is 5.17. The number of benzene rings is 2. The summed E-state index contributed by atoms with van der Waals surface area (Å²) in [7, 11) is 0. The van der Waals surface area contributed by atoms with Crippen LogP contribution in [0.25, 0.3) is 0 Å². The van der Waals surface area contributed by atoms with E-state index in [9.17, 15) is 4.79 Å².